The normalized spacial score (nSPS) is 25.5. The number of pyridine rings is 1. The van der Waals surface area contributed by atoms with Crippen LogP contribution in [0.5, 0.6) is 0 Å². The maximum atomic E-state index is 14.6. The highest BCUT2D eigenvalue weighted by molar-refractivity contribution is 6.52. The van der Waals surface area contributed by atoms with E-state index in [4.69, 9.17) is 9.47 Å². The van der Waals surface area contributed by atoms with Gasteiger partial charge in [0, 0.05) is 17.7 Å². The predicted molar refractivity (Wildman–Crippen MR) is 198 cm³/mol. The van der Waals surface area contributed by atoms with Gasteiger partial charge in [0.1, 0.15) is 20.2 Å². The Balaban J connectivity index is 1.23. The van der Waals surface area contributed by atoms with Crippen LogP contribution in [0.25, 0.3) is 0 Å². The minimum atomic E-state index is -0.973. The third kappa shape index (κ3) is 7.42. The van der Waals surface area contributed by atoms with Gasteiger partial charge >= 0.3 is 11.9 Å². The topological polar surface area (TPSA) is 65.5 Å². The fourth-order valence-corrected chi connectivity index (χ4v) is 9.04. The molecule has 2 aromatic carbocycles. The molecule has 0 spiro atoms. The molecule has 7 rings (SSSR count). The molecule has 0 amide bonds. The summed E-state index contributed by atoms with van der Waals surface area (Å²) < 4.78 is 13.2. The van der Waals surface area contributed by atoms with Gasteiger partial charge in [0.05, 0.1) is 5.41 Å². The van der Waals surface area contributed by atoms with Gasteiger partial charge in [-0.1, -0.05) is 114 Å². The van der Waals surface area contributed by atoms with Gasteiger partial charge in [0.2, 0.25) is 0 Å². The molecule has 256 valence electrons. The summed E-state index contributed by atoms with van der Waals surface area (Å²) in [6.45, 7) is 12.2. The summed E-state index contributed by atoms with van der Waals surface area (Å²) in [4.78, 5) is 33.0. The number of hydrogen-bond acceptors (Lipinski definition) is 5. The molecular weight excluding hydrogens is 604 g/mol. The van der Waals surface area contributed by atoms with Gasteiger partial charge in [0.15, 0.2) is 5.60 Å². The first kappa shape index (κ1) is 35.5. The van der Waals surface area contributed by atoms with Gasteiger partial charge < -0.3 is 9.47 Å². The summed E-state index contributed by atoms with van der Waals surface area (Å²) in [6.07, 6.45) is 12.2. The van der Waals surface area contributed by atoms with E-state index in [2.05, 4.69) is 45.5 Å². The molecule has 4 bridgehead atoms. The van der Waals surface area contributed by atoms with Gasteiger partial charge in [-0.15, -0.1) is 0 Å². The van der Waals surface area contributed by atoms with Gasteiger partial charge in [0.25, 0.3) is 0 Å². The van der Waals surface area contributed by atoms with E-state index in [1.807, 2.05) is 101 Å². The Morgan fingerprint density at radius 1 is 0.714 bits per heavy atom. The van der Waals surface area contributed by atoms with E-state index >= 15 is 0 Å². The lowest BCUT2D eigenvalue weighted by Gasteiger charge is -2.56. The molecule has 49 heavy (non-hydrogen) atoms. The molecule has 1 heterocycles. The van der Waals surface area contributed by atoms with Crippen molar-refractivity contribution in [3.05, 3.63) is 102 Å². The highest BCUT2D eigenvalue weighted by Crippen LogP contribution is 2.58. The second kappa shape index (κ2) is 13.8. The van der Waals surface area contributed by atoms with E-state index in [0.29, 0.717) is 30.4 Å². The van der Waals surface area contributed by atoms with Crippen LogP contribution in [0.2, 0.25) is 18.0 Å². The third-order valence-electron chi connectivity index (χ3n) is 12.4. The van der Waals surface area contributed by atoms with E-state index < -0.39 is 16.3 Å². The van der Waals surface area contributed by atoms with E-state index in [-0.39, 0.29) is 22.9 Å². The fourth-order valence-electron chi connectivity index (χ4n) is 9.04. The molecule has 0 aliphatic heterocycles. The summed E-state index contributed by atoms with van der Waals surface area (Å²) in [5, 5.41) is -1.17. The number of benzene rings is 2. The Kier molecular flexibility index (Phi) is 9.96. The molecule has 4 aliphatic rings. The van der Waals surface area contributed by atoms with Crippen LogP contribution in [0, 0.1) is 23.2 Å². The van der Waals surface area contributed by atoms with Gasteiger partial charge in [-0.05, 0) is 97.3 Å². The molecule has 2 radical (unpaired) electrons. The van der Waals surface area contributed by atoms with Crippen molar-refractivity contribution in [3.63, 3.8) is 0 Å². The SMILES string of the molecule is CCC(C)([B]CC(C)([B]CC(C)(C)C(=O)OC(C)(c1ccccc1)c1ccccc1)C(=O)OC12CC3CC(CC(C3)C1)C2)c1ccncc1. The zero-order valence-corrected chi connectivity index (χ0v) is 30.4. The quantitative estimate of drug-likeness (QED) is 0.128. The minimum Gasteiger partial charge on any atom is -0.459 e. The fraction of sp³-hybridized carbons (Fsp3) is 0.548. The largest absolute Gasteiger partial charge is 0.459 e. The highest BCUT2D eigenvalue weighted by atomic mass is 16.6. The van der Waals surface area contributed by atoms with E-state index in [1.54, 1.807) is 0 Å². The van der Waals surface area contributed by atoms with Crippen LogP contribution in [0.3, 0.4) is 0 Å². The van der Waals surface area contributed by atoms with Crippen molar-refractivity contribution in [2.45, 2.75) is 121 Å². The van der Waals surface area contributed by atoms with E-state index in [0.717, 1.165) is 36.8 Å². The molecule has 5 nitrogen and oxygen atoms in total. The van der Waals surface area contributed by atoms with Crippen molar-refractivity contribution in [2.75, 3.05) is 0 Å². The zero-order chi connectivity index (χ0) is 34.9. The molecule has 0 N–H and O–H groups in total. The maximum absolute atomic E-state index is 14.6. The van der Waals surface area contributed by atoms with Crippen molar-refractivity contribution in [2.24, 2.45) is 23.2 Å². The van der Waals surface area contributed by atoms with Crippen LogP contribution in [-0.2, 0) is 30.0 Å². The lowest BCUT2D eigenvalue weighted by Crippen LogP contribution is -2.54. The van der Waals surface area contributed by atoms with Gasteiger partial charge in [-0.25, -0.2) is 0 Å². The molecule has 1 aromatic heterocycles. The van der Waals surface area contributed by atoms with Crippen LogP contribution in [-0.4, -0.2) is 37.1 Å². The molecule has 2 unspecified atom stereocenters. The summed E-state index contributed by atoms with van der Waals surface area (Å²) in [6, 6.07) is 23.9. The standard InChI is InChI=1S/C42H53B2NO4/c1-7-39(4,33-18-20-45-21-19-33)44-29-40(5,37(47)49-42-25-30-22-31(26-42)24-32(23-30)27-42)43-28-38(2,3)36(46)48-41(6,34-14-10-8-11-15-34)35-16-12-9-13-17-35/h8-21,30-32H,7,22-29H2,1-6H3. The molecule has 7 heteroatoms. The average Bonchev–Trinajstić information content (AvgIpc) is 3.10. The number of esters is 2. The van der Waals surface area contributed by atoms with Gasteiger partial charge in [-0.2, -0.15) is 0 Å². The van der Waals surface area contributed by atoms with Crippen molar-refractivity contribution >= 4 is 26.5 Å². The number of nitrogens with zero attached hydrogens (tertiary/aromatic N) is 1. The monoisotopic (exact) mass is 657 g/mol. The third-order valence-corrected chi connectivity index (χ3v) is 12.4. The van der Waals surface area contributed by atoms with Crippen LogP contribution < -0.4 is 0 Å². The van der Waals surface area contributed by atoms with Crippen molar-refractivity contribution in [1.29, 1.82) is 0 Å². The summed E-state index contributed by atoms with van der Waals surface area (Å²) in [5.74, 6) is 1.55. The number of carbonyl (C=O) groups excluding carboxylic acids is 2. The maximum Gasteiger partial charge on any atom is 0.312 e. The Morgan fingerprint density at radius 2 is 1.22 bits per heavy atom. The van der Waals surface area contributed by atoms with Crippen molar-refractivity contribution in [1.82, 2.24) is 4.98 Å². The molecule has 0 saturated heterocycles. The first-order valence-corrected chi connectivity index (χ1v) is 18.5. The molecule has 4 aliphatic carbocycles. The smallest absolute Gasteiger partial charge is 0.312 e. The number of aromatic nitrogens is 1. The predicted octanol–water partition coefficient (Wildman–Crippen LogP) is 9.18. The average molecular weight is 658 g/mol. The second-order valence-corrected chi connectivity index (χ2v) is 16.8. The van der Waals surface area contributed by atoms with Gasteiger partial charge in [-0.3, -0.25) is 14.6 Å². The zero-order valence-electron chi connectivity index (χ0n) is 30.4. The first-order valence-electron chi connectivity index (χ1n) is 18.5. The lowest BCUT2D eigenvalue weighted by molar-refractivity contribution is -0.189. The van der Waals surface area contributed by atoms with E-state index in [9.17, 15) is 9.59 Å². The lowest BCUT2D eigenvalue weighted by atomic mass is 9.36. The molecule has 3 aromatic rings. The number of carbonyl (C=O) groups is 2. The van der Waals surface area contributed by atoms with Crippen LogP contribution >= 0.6 is 0 Å². The summed E-state index contributed by atoms with van der Waals surface area (Å²) >= 11 is 0. The number of rotatable bonds is 14. The first-order chi connectivity index (χ1) is 23.3. The van der Waals surface area contributed by atoms with Crippen LogP contribution in [0.4, 0.5) is 0 Å². The Labute approximate surface area is 295 Å². The second-order valence-electron chi connectivity index (χ2n) is 16.8. The molecule has 4 saturated carbocycles. The van der Waals surface area contributed by atoms with Crippen molar-refractivity contribution < 1.29 is 19.1 Å². The van der Waals surface area contributed by atoms with Crippen molar-refractivity contribution in [3.8, 4) is 0 Å². The van der Waals surface area contributed by atoms with Crippen LogP contribution in [0.15, 0.2) is 85.2 Å². The number of ether oxygens (including phenoxy) is 2. The summed E-state index contributed by atoms with van der Waals surface area (Å²) in [7, 11) is 4.34. The number of hydrogen-bond donors (Lipinski definition) is 0. The highest BCUT2D eigenvalue weighted by Gasteiger charge is 2.55. The Morgan fingerprint density at radius 3 is 1.71 bits per heavy atom. The molecule has 2 atom stereocenters. The summed E-state index contributed by atoms with van der Waals surface area (Å²) in [5.41, 5.74) is 0.768. The Bertz CT molecular complexity index is 1520. The van der Waals surface area contributed by atoms with Crippen LogP contribution in [0.1, 0.15) is 103 Å². The minimum absolute atomic E-state index is 0.165. The molecule has 4 fully saturated rings. The Hall–Kier alpha value is -3.34. The molecular formula is C42H53B2NO4. The van der Waals surface area contributed by atoms with E-state index in [1.165, 1.54) is 24.8 Å².